The second-order valence-electron chi connectivity index (χ2n) is 4.75. The van der Waals surface area contributed by atoms with E-state index in [0.29, 0.717) is 6.04 Å². The van der Waals surface area contributed by atoms with Gasteiger partial charge in [0.2, 0.25) is 0 Å². The van der Waals surface area contributed by atoms with Crippen molar-refractivity contribution in [2.45, 2.75) is 25.8 Å². The molecule has 0 aliphatic heterocycles. The molecule has 1 unspecified atom stereocenters. The zero-order chi connectivity index (χ0) is 10.8. The van der Waals surface area contributed by atoms with Gasteiger partial charge < -0.3 is 0 Å². The van der Waals surface area contributed by atoms with Crippen LogP contribution in [0, 0.1) is 12.8 Å². The second kappa shape index (κ2) is 4.33. The molecule has 15 heavy (non-hydrogen) atoms. The first kappa shape index (κ1) is 10.7. The number of nitrogens with one attached hydrogen (secondary N) is 1. The molecule has 0 radical (unpaired) electrons. The van der Waals surface area contributed by atoms with Crippen molar-refractivity contribution >= 4 is 0 Å². The van der Waals surface area contributed by atoms with Gasteiger partial charge in [0.1, 0.15) is 0 Å². The number of rotatable bonds is 4. The van der Waals surface area contributed by atoms with Crippen LogP contribution in [0.15, 0.2) is 24.3 Å². The van der Waals surface area contributed by atoms with E-state index in [1.54, 1.807) is 0 Å². The maximum atomic E-state index is 3.51. The van der Waals surface area contributed by atoms with Crippen LogP contribution in [0.1, 0.15) is 30.0 Å². The van der Waals surface area contributed by atoms with Crippen molar-refractivity contribution in [2.75, 3.05) is 14.1 Å². The molecule has 2 heteroatoms. The van der Waals surface area contributed by atoms with Crippen LogP contribution in [0.2, 0.25) is 0 Å². The highest BCUT2D eigenvalue weighted by molar-refractivity contribution is 5.25. The maximum Gasteiger partial charge on any atom is 0.0492 e. The Balaban J connectivity index is 2.13. The number of hydrazine groups is 1. The molecule has 82 valence electrons. The summed E-state index contributed by atoms with van der Waals surface area (Å²) in [5.41, 5.74) is 6.26. The first-order valence-electron chi connectivity index (χ1n) is 5.67. The molecule has 0 heterocycles. The Morgan fingerprint density at radius 1 is 1.20 bits per heavy atom. The molecule has 1 atom stereocenters. The topological polar surface area (TPSA) is 15.3 Å². The lowest BCUT2D eigenvalue weighted by molar-refractivity contribution is 0.228. The zero-order valence-corrected chi connectivity index (χ0v) is 9.83. The lowest BCUT2D eigenvalue weighted by Crippen LogP contribution is -2.35. The normalized spacial score (nSPS) is 18.1. The van der Waals surface area contributed by atoms with Crippen LogP contribution in [-0.2, 0) is 0 Å². The monoisotopic (exact) mass is 204 g/mol. The molecule has 1 fully saturated rings. The van der Waals surface area contributed by atoms with Crippen LogP contribution in [-0.4, -0.2) is 19.1 Å². The zero-order valence-electron chi connectivity index (χ0n) is 9.83. The summed E-state index contributed by atoms with van der Waals surface area (Å²) in [6, 6.07) is 9.38. The molecule has 1 aromatic rings. The van der Waals surface area contributed by atoms with Gasteiger partial charge in [-0.15, -0.1) is 0 Å². The van der Waals surface area contributed by atoms with Gasteiger partial charge in [-0.25, -0.2) is 5.43 Å². The minimum Gasteiger partial charge on any atom is -0.250 e. The first-order chi connectivity index (χ1) is 7.16. The molecular formula is C13H20N2. The predicted octanol–water partition coefficient (Wildman–Crippen LogP) is 2.51. The van der Waals surface area contributed by atoms with Gasteiger partial charge in [0.15, 0.2) is 0 Å². The maximum absolute atomic E-state index is 3.51. The summed E-state index contributed by atoms with van der Waals surface area (Å²) in [6.45, 7) is 2.13. The smallest absolute Gasteiger partial charge is 0.0492 e. The van der Waals surface area contributed by atoms with Crippen LogP contribution in [0.25, 0.3) is 0 Å². The first-order valence-corrected chi connectivity index (χ1v) is 5.67. The molecule has 0 saturated heterocycles. The Labute approximate surface area is 92.3 Å². The standard InChI is InChI=1S/C13H20N2/c1-10-4-6-11(7-5-10)13(12-8-9-12)14-15(2)3/h4-7,12-14H,8-9H2,1-3H3. The van der Waals surface area contributed by atoms with Gasteiger partial charge in [-0.05, 0) is 31.2 Å². The molecule has 0 aromatic heterocycles. The summed E-state index contributed by atoms with van der Waals surface area (Å²) in [4.78, 5) is 0. The second-order valence-corrected chi connectivity index (χ2v) is 4.75. The Hall–Kier alpha value is -0.860. The van der Waals surface area contributed by atoms with Crippen molar-refractivity contribution in [1.29, 1.82) is 0 Å². The molecule has 0 amide bonds. The molecule has 1 aromatic carbocycles. The van der Waals surface area contributed by atoms with Gasteiger partial charge in [-0.1, -0.05) is 29.8 Å². The molecule has 2 nitrogen and oxygen atoms in total. The molecule has 0 bridgehead atoms. The summed E-state index contributed by atoms with van der Waals surface area (Å²) < 4.78 is 0. The Morgan fingerprint density at radius 2 is 1.80 bits per heavy atom. The van der Waals surface area contributed by atoms with Gasteiger partial charge in [0.25, 0.3) is 0 Å². The van der Waals surface area contributed by atoms with Crippen LogP contribution in [0.5, 0.6) is 0 Å². The van der Waals surface area contributed by atoms with Crippen molar-refractivity contribution in [2.24, 2.45) is 5.92 Å². The largest absolute Gasteiger partial charge is 0.250 e. The van der Waals surface area contributed by atoms with E-state index >= 15 is 0 Å². The van der Waals surface area contributed by atoms with Gasteiger partial charge in [0.05, 0.1) is 0 Å². The van der Waals surface area contributed by atoms with E-state index in [4.69, 9.17) is 0 Å². The minimum absolute atomic E-state index is 0.501. The van der Waals surface area contributed by atoms with Crippen LogP contribution in [0.4, 0.5) is 0 Å². The molecule has 2 rings (SSSR count). The minimum atomic E-state index is 0.501. The van der Waals surface area contributed by atoms with E-state index in [1.165, 1.54) is 24.0 Å². The third-order valence-electron chi connectivity index (χ3n) is 2.93. The number of hydrogen-bond acceptors (Lipinski definition) is 2. The molecule has 1 N–H and O–H groups in total. The summed E-state index contributed by atoms with van der Waals surface area (Å²) >= 11 is 0. The van der Waals surface area contributed by atoms with Gasteiger partial charge in [-0.2, -0.15) is 0 Å². The van der Waals surface area contributed by atoms with E-state index in [2.05, 4.69) is 55.7 Å². The van der Waals surface area contributed by atoms with E-state index in [-0.39, 0.29) is 0 Å². The Morgan fingerprint density at radius 3 is 2.27 bits per heavy atom. The average Bonchev–Trinajstić information content (AvgIpc) is 2.99. The lowest BCUT2D eigenvalue weighted by atomic mass is 10.0. The summed E-state index contributed by atoms with van der Waals surface area (Å²) in [7, 11) is 4.12. The van der Waals surface area contributed by atoms with Crippen LogP contribution >= 0.6 is 0 Å². The summed E-state index contributed by atoms with van der Waals surface area (Å²) in [5.74, 6) is 0.829. The van der Waals surface area contributed by atoms with Crippen molar-refractivity contribution < 1.29 is 0 Å². The van der Waals surface area contributed by atoms with Gasteiger partial charge in [-0.3, -0.25) is 5.01 Å². The highest BCUT2D eigenvalue weighted by Crippen LogP contribution is 2.40. The fourth-order valence-electron chi connectivity index (χ4n) is 1.93. The number of benzene rings is 1. The fraction of sp³-hybridized carbons (Fsp3) is 0.538. The lowest BCUT2D eigenvalue weighted by Gasteiger charge is -2.23. The number of hydrogen-bond donors (Lipinski definition) is 1. The number of nitrogens with zero attached hydrogens (tertiary/aromatic N) is 1. The van der Waals surface area contributed by atoms with Crippen molar-refractivity contribution in [1.82, 2.24) is 10.4 Å². The molecule has 1 saturated carbocycles. The summed E-state index contributed by atoms with van der Waals surface area (Å²) in [5, 5.41) is 2.06. The molecular weight excluding hydrogens is 184 g/mol. The van der Waals surface area contributed by atoms with E-state index in [9.17, 15) is 0 Å². The Bertz CT molecular complexity index is 312. The van der Waals surface area contributed by atoms with Gasteiger partial charge in [0, 0.05) is 20.1 Å². The third-order valence-corrected chi connectivity index (χ3v) is 2.93. The quantitative estimate of drug-likeness (QED) is 0.758. The number of aryl methyl sites for hydroxylation is 1. The highest BCUT2D eigenvalue weighted by Gasteiger charge is 2.32. The van der Waals surface area contributed by atoms with Crippen molar-refractivity contribution in [3.05, 3.63) is 35.4 Å². The van der Waals surface area contributed by atoms with Crippen molar-refractivity contribution in [3.8, 4) is 0 Å². The summed E-state index contributed by atoms with van der Waals surface area (Å²) in [6.07, 6.45) is 2.72. The average molecular weight is 204 g/mol. The molecule has 1 aliphatic rings. The van der Waals surface area contributed by atoms with E-state index < -0.39 is 0 Å². The Kier molecular flexibility index (Phi) is 3.08. The van der Waals surface area contributed by atoms with Gasteiger partial charge >= 0.3 is 0 Å². The van der Waals surface area contributed by atoms with E-state index in [0.717, 1.165) is 5.92 Å². The SMILES string of the molecule is Cc1ccc(C(NN(C)C)C2CC2)cc1. The molecule has 1 aliphatic carbocycles. The molecule has 0 spiro atoms. The third kappa shape index (κ3) is 2.80. The van der Waals surface area contributed by atoms with E-state index in [1.807, 2.05) is 0 Å². The fourth-order valence-corrected chi connectivity index (χ4v) is 1.93. The van der Waals surface area contributed by atoms with Crippen molar-refractivity contribution in [3.63, 3.8) is 0 Å². The van der Waals surface area contributed by atoms with Crippen LogP contribution in [0.3, 0.4) is 0 Å². The predicted molar refractivity (Wildman–Crippen MR) is 63.5 cm³/mol. The highest BCUT2D eigenvalue weighted by atomic mass is 15.5. The van der Waals surface area contributed by atoms with Crippen LogP contribution < -0.4 is 5.43 Å².